The maximum absolute atomic E-state index is 13.5. The summed E-state index contributed by atoms with van der Waals surface area (Å²) in [6.07, 6.45) is -0.227. The van der Waals surface area contributed by atoms with Gasteiger partial charge in [-0.25, -0.2) is 8.78 Å². The Morgan fingerprint density at radius 2 is 1.68 bits per heavy atom. The van der Waals surface area contributed by atoms with Gasteiger partial charge in [0.2, 0.25) is 0 Å². The van der Waals surface area contributed by atoms with E-state index < -0.39 is 17.4 Å². The van der Waals surface area contributed by atoms with Gasteiger partial charge in [-0.3, -0.25) is 4.79 Å². The summed E-state index contributed by atoms with van der Waals surface area (Å²) in [4.78, 5) is 12.1. The standard InChI is InChI=1S/C14H8Cl2F2O/c15-10-2-1-3-11(16)14(10)13(19)6-8-4-5-9(17)7-12(8)18/h1-5,7H,6H2. The van der Waals surface area contributed by atoms with Crippen LogP contribution in [0.5, 0.6) is 0 Å². The molecule has 0 N–H and O–H groups in total. The van der Waals surface area contributed by atoms with Crippen molar-refractivity contribution in [2.75, 3.05) is 0 Å². The zero-order chi connectivity index (χ0) is 14.0. The molecule has 0 aliphatic carbocycles. The Balaban J connectivity index is 2.31. The molecule has 2 aromatic rings. The maximum atomic E-state index is 13.5. The number of hydrogen-bond donors (Lipinski definition) is 0. The van der Waals surface area contributed by atoms with E-state index in [4.69, 9.17) is 23.2 Å². The topological polar surface area (TPSA) is 17.1 Å². The van der Waals surface area contributed by atoms with Crippen LogP contribution in [0, 0.1) is 11.6 Å². The van der Waals surface area contributed by atoms with Crippen LogP contribution in [0.2, 0.25) is 10.0 Å². The molecular weight excluding hydrogens is 293 g/mol. The SMILES string of the molecule is O=C(Cc1ccc(F)cc1F)c1c(Cl)cccc1Cl. The number of carbonyl (C=O) groups is 1. The zero-order valence-corrected chi connectivity index (χ0v) is 11.1. The van der Waals surface area contributed by atoms with Gasteiger partial charge in [-0.1, -0.05) is 35.3 Å². The molecule has 1 nitrogen and oxygen atoms in total. The van der Waals surface area contributed by atoms with Crippen molar-refractivity contribution in [2.45, 2.75) is 6.42 Å². The summed E-state index contributed by atoms with van der Waals surface area (Å²) in [5.41, 5.74) is 0.247. The molecule has 0 atom stereocenters. The minimum absolute atomic E-state index is 0.0994. The van der Waals surface area contributed by atoms with Crippen molar-refractivity contribution in [3.05, 3.63) is 69.2 Å². The number of ketones is 1. The van der Waals surface area contributed by atoms with E-state index in [9.17, 15) is 13.6 Å². The fraction of sp³-hybridized carbons (Fsp3) is 0.0714. The Morgan fingerprint density at radius 3 is 2.26 bits per heavy atom. The first-order valence-electron chi connectivity index (χ1n) is 5.40. The van der Waals surface area contributed by atoms with E-state index >= 15 is 0 Å². The quantitative estimate of drug-likeness (QED) is 0.751. The first-order valence-corrected chi connectivity index (χ1v) is 6.16. The second kappa shape index (κ2) is 5.68. The summed E-state index contributed by atoms with van der Waals surface area (Å²) in [5.74, 6) is -1.87. The van der Waals surface area contributed by atoms with Gasteiger partial charge in [0.05, 0.1) is 15.6 Å². The monoisotopic (exact) mass is 300 g/mol. The van der Waals surface area contributed by atoms with Crippen molar-refractivity contribution in [1.82, 2.24) is 0 Å². The lowest BCUT2D eigenvalue weighted by Gasteiger charge is -2.07. The average Bonchev–Trinajstić information content (AvgIpc) is 2.32. The lowest BCUT2D eigenvalue weighted by atomic mass is 10.0. The minimum Gasteiger partial charge on any atom is -0.294 e. The van der Waals surface area contributed by atoms with Crippen molar-refractivity contribution in [2.24, 2.45) is 0 Å². The summed E-state index contributed by atoms with van der Waals surface area (Å²) in [7, 11) is 0. The average molecular weight is 301 g/mol. The van der Waals surface area contributed by atoms with Crippen molar-refractivity contribution < 1.29 is 13.6 Å². The molecule has 0 radical (unpaired) electrons. The Bertz CT molecular complexity index is 621. The van der Waals surface area contributed by atoms with Crippen LogP contribution in [0.15, 0.2) is 36.4 Å². The highest BCUT2D eigenvalue weighted by Gasteiger charge is 2.16. The molecule has 0 bridgehead atoms. The van der Waals surface area contributed by atoms with Gasteiger partial charge in [-0.05, 0) is 23.8 Å². The number of benzene rings is 2. The van der Waals surface area contributed by atoms with Gasteiger partial charge in [0, 0.05) is 12.5 Å². The molecule has 0 aliphatic heterocycles. The smallest absolute Gasteiger partial charge is 0.170 e. The third kappa shape index (κ3) is 3.11. The normalized spacial score (nSPS) is 10.5. The first-order chi connectivity index (χ1) is 8.99. The number of rotatable bonds is 3. The molecule has 2 aromatic carbocycles. The fourth-order valence-electron chi connectivity index (χ4n) is 1.69. The molecule has 0 spiro atoms. The molecule has 0 amide bonds. The Kier molecular flexibility index (Phi) is 4.17. The van der Waals surface area contributed by atoms with Crippen LogP contribution >= 0.6 is 23.2 Å². The van der Waals surface area contributed by atoms with Gasteiger partial charge in [-0.2, -0.15) is 0 Å². The Labute approximate surface area is 118 Å². The summed E-state index contributed by atoms with van der Waals surface area (Å²) in [5, 5.41) is 0.417. The van der Waals surface area contributed by atoms with E-state index in [0.717, 1.165) is 12.1 Å². The highest BCUT2D eigenvalue weighted by molar-refractivity contribution is 6.39. The van der Waals surface area contributed by atoms with E-state index in [1.54, 1.807) is 6.07 Å². The number of hydrogen-bond acceptors (Lipinski definition) is 1. The molecule has 0 aromatic heterocycles. The Hall–Kier alpha value is -1.45. The molecule has 0 saturated carbocycles. The van der Waals surface area contributed by atoms with Gasteiger partial charge in [-0.15, -0.1) is 0 Å². The lowest BCUT2D eigenvalue weighted by molar-refractivity contribution is 0.0992. The van der Waals surface area contributed by atoms with Crippen molar-refractivity contribution in [1.29, 1.82) is 0 Å². The highest BCUT2D eigenvalue weighted by Crippen LogP contribution is 2.26. The molecule has 0 heterocycles. The first kappa shape index (κ1) is 14.0. The van der Waals surface area contributed by atoms with E-state index in [0.29, 0.717) is 0 Å². The molecule has 19 heavy (non-hydrogen) atoms. The minimum atomic E-state index is -0.767. The highest BCUT2D eigenvalue weighted by atomic mass is 35.5. The number of carbonyl (C=O) groups excluding carboxylic acids is 1. The molecule has 98 valence electrons. The second-order valence-electron chi connectivity index (χ2n) is 3.93. The number of halogens is 4. The van der Waals surface area contributed by atoms with Crippen molar-refractivity contribution in [3.8, 4) is 0 Å². The van der Waals surface area contributed by atoms with Crippen LogP contribution in [0.25, 0.3) is 0 Å². The molecule has 0 saturated heterocycles. The van der Waals surface area contributed by atoms with E-state index in [2.05, 4.69) is 0 Å². The van der Waals surface area contributed by atoms with E-state index in [1.165, 1.54) is 18.2 Å². The lowest BCUT2D eigenvalue weighted by Crippen LogP contribution is -2.07. The summed E-state index contributed by atoms with van der Waals surface area (Å²) in [6.45, 7) is 0. The molecular formula is C14H8Cl2F2O. The van der Waals surface area contributed by atoms with Gasteiger partial charge in [0.15, 0.2) is 5.78 Å². The summed E-state index contributed by atoms with van der Waals surface area (Å²) in [6, 6.07) is 7.73. The third-order valence-corrected chi connectivity index (χ3v) is 3.24. The predicted octanol–water partition coefficient (Wildman–Crippen LogP) is 4.70. The van der Waals surface area contributed by atoms with Gasteiger partial charge < -0.3 is 0 Å². The van der Waals surface area contributed by atoms with Crippen LogP contribution in [-0.2, 0) is 6.42 Å². The maximum Gasteiger partial charge on any atom is 0.170 e. The van der Waals surface area contributed by atoms with Gasteiger partial charge in [0.25, 0.3) is 0 Å². The zero-order valence-electron chi connectivity index (χ0n) is 9.59. The largest absolute Gasteiger partial charge is 0.294 e. The van der Waals surface area contributed by atoms with Crippen LogP contribution in [0.3, 0.4) is 0 Å². The second-order valence-corrected chi connectivity index (χ2v) is 4.75. The third-order valence-electron chi connectivity index (χ3n) is 2.61. The van der Waals surface area contributed by atoms with E-state index in [-0.39, 0.29) is 27.6 Å². The summed E-state index contributed by atoms with van der Waals surface area (Å²) >= 11 is 11.8. The van der Waals surface area contributed by atoms with Crippen molar-refractivity contribution in [3.63, 3.8) is 0 Å². The van der Waals surface area contributed by atoms with Crippen LogP contribution in [-0.4, -0.2) is 5.78 Å². The predicted molar refractivity (Wildman–Crippen MR) is 70.9 cm³/mol. The Morgan fingerprint density at radius 1 is 1.05 bits per heavy atom. The molecule has 5 heteroatoms. The van der Waals surface area contributed by atoms with Crippen LogP contribution in [0.4, 0.5) is 8.78 Å². The number of Topliss-reactive ketones (excluding diaryl/α,β-unsaturated/α-hetero) is 1. The van der Waals surface area contributed by atoms with Gasteiger partial charge in [0.1, 0.15) is 11.6 Å². The van der Waals surface area contributed by atoms with Gasteiger partial charge >= 0.3 is 0 Å². The fourth-order valence-corrected chi connectivity index (χ4v) is 2.30. The van der Waals surface area contributed by atoms with Crippen molar-refractivity contribution >= 4 is 29.0 Å². The van der Waals surface area contributed by atoms with Crippen LogP contribution < -0.4 is 0 Å². The molecule has 0 aliphatic rings. The van der Waals surface area contributed by atoms with Crippen LogP contribution in [0.1, 0.15) is 15.9 Å². The molecule has 0 fully saturated rings. The summed E-state index contributed by atoms with van der Waals surface area (Å²) < 4.78 is 26.2. The molecule has 0 unspecified atom stereocenters. The molecule has 2 rings (SSSR count). The van der Waals surface area contributed by atoms with E-state index in [1.807, 2.05) is 0 Å².